The van der Waals surface area contributed by atoms with Crippen LogP contribution in [0.25, 0.3) is 21.5 Å². The maximum atomic E-state index is 3.60. The van der Waals surface area contributed by atoms with Gasteiger partial charge in [0.2, 0.25) is 0 Å². The standard InChI is InChI=1S/C22H22Si.2C4H9.Zr/c1-15-13-17-9-5-7-11-19(17)21(15)23(3,4)22-16(2)14-18-10-6-8-12-20(18)22;2*1-3-4-2;/h5-14H,1-4H3;2*1,3-4H2,2H3;/q-2;2*-1;+4. The number of fused-ring (bicyclic) bond motifs is 2. The second-order valence-electron chi connectivity index (χ2n) is 8.91. The minimum absolute atomic E-state index is 0. The van der Waals surface area contributed by atoms with Crippen molar-refractivity contribution in [2.45, 2.75) is 66.5 Å². The van der Waals surface area contributed by atoms with Crippen molar-refractivity contribution < 1.29 is 26.2 Å². The van der Waals surface area contributed by atoms with E-state index in [1.165, 1.54) is 45.5 Å². The third kappa shape index (κ3) is 6.42. The largest absolute Gasteiger partial charge is 4.00 e. The molecule has 0 fully saturated rings. The molecule has 4 aromatic rings. The van der Waals surface area contributed by atoms with Crippen LogP contribution in [-0.4, -0.2) is 8.07 Å². The molecule has 0 nitrogen and oxygen atoms in total. The Labute approximate surface area is 217 Å². The fraction of sp³-hybridized carbons (Fsp3) is 0.333. The van der Waals surface area contributed by atoms with Gasteiger partial charge in [-0.1, -0.05) is 65.8 Å². The molecule has 0 spiro atoms. The quantitative estimate of drug-likeness (QED) is 0.189. The molecule has 0 bridgehead atoms. The smallest absolute Gasteiger partial charge is 0.343 e. The van der Waals surface area contributed by atoms with Crippen LogP contribution in [0.3, 0.4) is 0 Å². The van der Waals surface area contributed by atoms with Crippen molar-refractivity contribution in [3.05, 3.63) is 85.6 Å². The zero-order chi connectivity index (χ0) is 23.0. The molecule has 4 aromatic carbocycles. The van der Waals surface area contributed by atoms with Gasteiger partial charge in [0.05, 0.1) is 0 Å². The van der Waals surface area contributed by atoms with Gasteiger partial charge in [0.15, 0.2) is 0 Å². The molecule has 0 amide bonds. The maximum absolute atomic E-state index is 3.60. The Balaban J connectivity index is 0.000000497. The van der Waals surface area contributed by atoms with E-state index < -0.39 is 8.07 Å². The van der Waals surface area contributed by atoms with E-state index in [0.29, 0.717) is 0 Å². The Morgan fingerprint density at radius 2 is 1.00 bits per heavy atom. The minimum Gasteiger partial charge on any atom is -0.343 e. The predicted molar refractivity (Wildman–Crippen MR) is 146 cm³/mol. The summed E-state index contributed by atoms with van der Waals surface area (Å²) >= 11 is 0. The van der Waals surface area contributed by atoms with Gasteiger partial charge < -0.3 is 13.8 Å². The molecule has 2 heteroatoms. The molecule has 0 unspecified atom stereocenters. The summed E-state index contributed by atoms with van der Waals surface area (Å²) in [7, 11) is -1.77. The van der Waals surface area contributed by atoms with Crippen molar-refractivity contribution >= 4 is 40.0 Å². The third-order valence-corrected chi connectivity index (χ3v) is 9.78. The fourth-order valence-corrected chi connectivity index (χ4v) is 8.69. The fourth-order valence-electron chi connectivity index (χ4n) is 4.52. The number of aryl methyl sites for hydroxylation is 2. The number of hydrogen-bond donors (Lipinski definition) is 0. The monoisotopic (exact) mass is 518 g/mol. The van der Waals surface area contributed by atoms with Gasteiger partial charge in [0, 0.05) is 8.07 Å². The number of rotatable bonds is 4. The molecule has 168 valence electrons. The van der Waals surface area contributed by atoms with E-state index in [4.69, 9.17) is 0 Å². The molecule has 0 saturated carbocycles. The molecular formula is C30H40SiZr. The second kappa shape index (κ2) is 13.5. The topological polar surface area (TPSA) is 0 Å². The molecular weight excluding hydrogens is 480 g/mol. The van der Waals surface area contributed by atoms with Gasteiger partial charge in [0.25, 0.3) is 0 Å². The first-order valence-electron chi connectivity index (χ1n) is 11.7. The summed E-state index contributed by atoms with van der Waals surface area (Å²) in [6.45, 7) is 21.0. The molecule has 0 aliphatic rings. The van der Waals surface area contributed by atoms with E-state index in [2.05, 4.69) is 115 Å². The van der Waals surface area contributed by atoms with E-state index in [1.54, 1.807) is 10.4 Å². The van der Waals surface area contributed by atoms with Crippen LogP contribution in [0.4, 0.5) is 0 Å². The molecule has 32 heavy (non-hydrogen) atoms. The van der Waals surface area contributed by atoms with Crippen LogP contribution in [0.1, 0.15) is 50.7 Å². The number of unbranched alkanes of at least 4 members (excludes halogenated alkanes) is 2. The summed E-state index contributed by atoms with van der Waals surface area (Å²) in [5.74, 6) is 0. The first kappa shape index (κ1) is 28.8. The van der Waals surface area contributed by atoms with Crippen molar-refractivity contribution in [2.75, 3.05) is 0 Å². The second-order valence-corrected chi connectivity index (χ2v) is 13.2. The van der Waals surface area contributed by atoms with E-state index >= 15 is 0 Å². The molecule has 0 aliphatic heterocycles. The van der Waals surface area contributed by atoms with Crippen molar-refractivity contribution in [2.24, 2.45) is 0 Å². The molecule has 0 saturated heterocycles. The molecule has 0 radical (unpaired) electrons. The normalized spacial score (nSPS) is 10.8. The summed E-state index contributed by atoms with van der Waals surface area (Å²) in [6, 6.07) is 22.4. The van der Waals surface area contributed by atoms with Gasteiger partial charge in [-0.3, -0.25) is 0 Å². The van der Waals surface area contributed by atoms with Crippen LogP contribution in [0.15, 0.2) is 60.7 Å². The van der Waals surface area contributed by atoms with Crippen LogP contribution in [0.2, 0.25) is 13.1 Å². The van der Waals surface area contributed by atoms with Crippen molar-refractivity contribution in [1.82, 2.24) is 0 Å². The minimum atomic E-state index is -1.77. The van der Waals surface area contributed by atoms with Crippen molar-refractivity contribution in [1.29, 1.82) is 0 Å². The molecule has 4 rings (SSSR count). The SMILES string of the molecule is Cc1[cH-]c2ccccc2c1[Si](C)(C)c1c(C)[cH-]c2ccccc12.[CH2-]CCC.[CH2-]CCC.[Zr+4]. The summed E-state index contributed by atoms with van der Waals surface area (Å²) in [5, 5.41) is 8.88. The zero-order valence-electron chi connectivity index (χ0n) is 21.0. The van der Waals surface area contributed by atoms with Gasteiger partial charge in [-0.05, 0) is 0 Å². The molecule has 0 aliphatic carbocycles. The third-order valence-electron chi connectivity index (χ3n) is 5.95. The Hall–Kier alpha value is -1.24. The molecule has 0 aromatic heterocycles. The molecule has 0 heterocycles. The Morgan fingerprint density at radius 1 is 0.688 bits per heavy atom. The number of hydrogen-bond acceptors (Lipinski definition) is 0. The first-order chi connectivity index (χ1) is 14.8. The van der Waals surface area contributed by atoms with Gasteiger partial charge in [0.1, 0.15) is 0 Å². The summed E-state index contributed by atoms with van der Waals surface area (Å²) in [5.41, 5.74) is 2.90. The van der Waals surface area contributed by atoms with Crippen molar-refractivity contribution in [3.8, 4) is 0 Å². The predicted octanol–water partition coefficient (Wildman–Crippen LogP) is 8.11. The van der Waals surface area contributed by atoms with Crippen molar-refractivity contribution in [3.63, 3.8) is 0 Å². The Bertz CT molecular complexity index is 991. The Morgan fingerprint density at radius 3 is 1.31 bits per heavy atom. The van der Waals surface area contributed by atoms with E-state index in [0.717, 1.165) is 12.8 Å². The molecule has 0 atom stereocenters. The maximum Gasteiger partial charge on any atom is 4.00 e. The van der Waals surface area contributed by atoms with Crippen LogP contribution < -0.4 is 10.4 Å². The van der Waals surface area contributed by atoms with Gasteiger partial charge in [-0.25, -0.2) is 0 Å². The summed E-state index contributed by atoms with van der Waals surface area (Å²) < 4.78 is 0. The van der Waals surface area contributed by atoms with Gasteiger partial charge >= 0.3 is 26.2 Å². The Kier molecular flexibility index (Phi) is 12.1. The summed E-state index contributed by atoms with van der Waals surface area (Å²) in [4.78, 5) is 0. The summed E-state index contributed by atoms with van der Waals surface area (Å²) in [6.07, 6.45) is 4.56. The van der Waals surface area contributed by atoms with Gasteiger partial charge in [-0.15, -0.1) is 81.2 Å². The average Bonchev–Trinajstić information content (AvgIpc) is 3.29. The average molecular weight is 520 g/mol. The van der Waals surface area contributed by atoms with Gasteiger partial charge in [-0.2, -0.15) is 23.2 Å². The van der Waals surface area contributed by atoms with Crippen LogP contribution in [-0.2, 0) is 26.2 Å². The van der Waals surface area contributed by atoms with Crippen LogP contribution in [0, 0.1) is 27.7 Å². The van der Waals surface area contributed by atoms with E-state index in [-0.39, 0.29) is 26.2 Å². The van der Waals surface area contributed by atoms with E-state index in [9.17, 15) is 0 Å². The van der Waals surface area contributed by atoms with Crippen LogP contribution >= 0.6 is 0 Å². The van der Waals surface area contributed by atoms with E-state index in [1.807, 2.05) is 0 Å². The molecule has 0 N–H and O–H groups in total. The van der Waals surface area contributed by atoms with Crippen LogP contribution in [0.5, 0.6) is 0 Å². The zero-order valence-corrected chi connectivity index (χ0v) is 24.5. The number of benzene rings is 2. The first-order valence-corrected chi connectivity index (χ1v) is 14.7.